The highest BCUT2D eigenvalue weighted by Crippen LogP contribution is 2.39. The highest BCUT2D eigenvalue weighted by atomic mass is 35.5. The molecule has 3 aromatic rings. The second kappa shape index (κ2) is 11.3. The van der Waals surface area contributed by atoms with Gasteiger partial charge in [0.1, 0.15) is 12.3 Å². The first-order chi connectivity index (χ1) is 16.9. The topological polar surface area (TPSA) is 49.9 Å². The zero-order valence-corrected chi connectivity index (χ0v) is 21.9. The summed E-state index contributed by atoms with van der Waals surface area (Å²) in [7, 11) is 0. The summed E-state index contributed by atoms with van der Waals surface area (Å²) in [6.07, 6.45) is 1.58. The van der Waals surface area contributed by atoms with Gasteiger partial charge in [0, 0.05) is 22.5 Å². The molecule has 5 nitrogen and oxygen atoms in total. The van der Waals surface area contributed by atoms with E-state index in [1.807, 2.05) is 30.9 Å². The van der Waals surface area contributed by atoms with Crippen LogP contribution < -0.4 is 4.74 Å². The SMILES string of the molecule is CCC(C)N(CC(=O)N1CCc2sccc2C1c1ccccc1C)C(=O)COc1ccc(Cl)cc1. The number of hydrogen-bond donors (Lipinski definition) is 0. The van der Waals surface area contributed by atoms with E-state index >= 15 is 0 Å². The first-order valence-corrected chi connectivity index (χ1v) is 13.2. The van der Waals surface area contributed by atoms with E-state index in [0.717, 1.165) is 24.0 Å². The van der Waals surface area contributed by atoms with Crippen molar-refractivity contribution in [3.8, 4) is 5.75 Å². The van der Waals surface area contributed by atoms with Crippen LogP contribution in [0.3, 0.4) is 0 Å². The lowest BCUT2D eigenvalue weighted by Gasteiger charge is -2.39. The minimum atomic E-state index is -0.205. The number of nitrogens with zero attached hydrogens (tertiary/aromatic N) is 2. The van der Waals surface area contributed by atoms with E-state index in [1.165, 1.54) is 10.4 Å². The van der Waals surface area contributed by atoms with Crippen LogP contribution in [0.2, 0.25) is 5.02 Å². The summed E-state index contributed by atoms with van der Waals surface area (Å²) in [5.41, 5.74) is 3.48. The van der Waals surface area contributed by atoms with Gasteiger partial charge in [-0.2, -0.15) is 0 Å². The van der Waals surface area contributed by atoms with Crippen molar-refractivity contribution >= 4 is 34.8 Å². The number of amides is 2. The summed E-state index contributed by atoms with van der Waals surface area (Å²) in [5.74, 6) is 0.317. The van der Waals surface area contributed by atoms with Gasteiger partial charge in [-0.1, -0.05) is 42.8 Å². The molecule has 2 aromatic carbocycles. The molecular weight excluding hydrogens is 480 g/mol. The number of halogens is 1. The van der Waals surface area contributed by atoms with Gasteiger partial charge in [-0.05, 0) is 79.1 Å². The summed E-state index contributed by atoms with van der Waals surface area (Å²) in [5, 5.41) is 2.71. The van der Waals surface area contributed by atoms with E-state index in [2.05, 4.69) is 30.5 Å². The van der Waals surface area contributed by atoms with Crippen LogP contribution >= 0.6 is 22.9 Å². The molecule has 1 aromatic heterocycles. The molecule has 2 atom stereocenters. The summed E-state index contributed by atoms with van der Waals surface area (Å²) in [4.78, 5) is 31.8. The van der Waals surface area contributed by atoms with Crippen molar-refractivity contribution in [2.75, 3.05) is 19.7 Å². The third kappa shape index (κ3) is 5.71. The fourth-order valence-corrected chi connectivity index (χ4v) is 5.55. The number of thiophene rings is 1. The Labute approximate surface area is 216 Å². The normalized spacial score (nSPS) is 15.9. The lowest BCUT2D eigenvalue weighted by Crippen LogP contribution is -2.50. The van der Waals surface area contributed by atoms with E-state index in [9.17, 15) is 9.59 Å². The van der Waals surface area contributed by atoms with Crippen LogP contribution in [0.5, 0.6) is 5.75 Å². The Hall–Kier alpha value is -2.83. The number of fused-ring (bicyclic) bond motifs is 1. The molecule has 0 radical (unpaired) electrons. The Morgan fingerprint density at radius 2 is 1.89 bits per heavy atom. The van der Waals surface area contributed by atoms with Gasteiger partial charge in [0.25, 0.3) is 5.91 Å². The smallest absolute Gasteiger partial charge is 0.261 e. The van der Waals surface area contributed by atoms with E-state index < -0.39 is 0 Å². The highest BCUT2D eigenvalue weighted by molar-refractivity contribution is 7.10. The maximum Gasteiger partial charge on any atom is 0.261 e. The van der Waals surface area contributed by atoms with Gasteiger partial charge < -0.3 is 14.5 Å². The van der Waals surface area contributed by atoms with E-state index in [4.69, 9.17) is 16.3 Å². The zero-order chi connectivity index (χ0) is 24.9. The molecule has 4 rings (SSSR count). The molecule has 0 aliphatic carbocycles. The Morgan fingerprint density at radius 1 is 1.14 bits per heavy atom. The summed E-state index contributed by atoms with van der Waals surface area (Å²) in [6, 6.07) is 17.0. The molecule has 0 saturated carbocycles. The van der Waals surface area contributed by atoms with Crippen LogP contribution in [-0.2, 0) is 16.0 Å². The number of aryl methyl sites for hydroxylation is 1. The standard InChI is InChI=1S/C28H31ClN2O3S/c1-4-20(3)31(27(33)18-34-22-11-9-21(29)10-12-22)17-26(32)30-15-13-25-24(14-16-35-25)28(30)23-8-6-5-7-19(23)2/h5-12,14,16,20,28H,4,13,15,17-18H2,1-3H3. The number of carbonyl (C=O) groups excluding carboxylic acids is 2. The lowest BCUT2D eigenvalue weighted by atomic mass is 9.90. The predicted octanol–water partition coefficient (Wildman–Crippen LogP) is 5.89. The quantitative estimate of drug-likeness (QED) is 0.379. The van der Waals surface area contributed by atoms with Crippen LogP contribution in [-0.4, -0.2) is 47.4 Å². The second-order valence-corrected chi connectivity index (χ2v) is 10.4. The molecule has 0 saturated heterocycles. The molecule has 1 aliphatic heterocycles. The largest absolute Gasteiger partial charge is 0.484 e. The van der Waals surface area contributed by atoms with Gasteiger partial charge in [0.05, 0.1) is 6.04 Å². The van der Waals surface area contributed by atoms with Gasteiger partial charge in [0.15, 0.2) is 6.61 Å². The molecule has 2 amide bonds. The van der Waals surface area contributed by atoms with Crippen LogP contribution in [0.4, 0.5) is 0 Å². The third-order valence-electron chi connectivity index (χ3n) is 6.69. The molecule has 1 aliphatic rings. The van der Waals surface area contributed by atoms with Gasteiger partial charge in [-0.3, -0.25) is 9.59 Å². The van der Waals surface area contributed by atoms with Crippen LogP contribution in [0.1, 0.15) is 47.9 Å². The van der Waals surface area contributed by atoms with Crippen LogP contribution in [0, 0.1) is 6.92 Å². The summed E-state index contributed by atoms with van der Waals surface area (Å²) < 4.78 is 5.69. The lowest BCUT2D eigenvalue weighted by molar-refractivity contribution is -0.144. The van der Waals surface area contributed by atoms with E-state index in [0.29, 0.717) is 17.3 Å². The van der Waals surface area contributed by atoms with Gasteiger partial charge in [0.2, 0.25) is 5.91 Å². The monoisotopic (exact) mass is 510 g/mol. The second-order valence-electron chi connectivity index (χ2n) is 8.92. The van der Waals surface area contributed by atoms with Crippen molar-refractivity contribution in [1.29, 1.82) is 0 Å². The van der Waals surface area contributed by atoms with Crippen molar-refractivity contribution in [1.82, 2.24) is 9.80 Å². The van der Waals surface area contributed by atoms with Crippen LogP contribution in [0.25, 0.3) is 0 Å². The maximum atomic E-state index is 13.8. The van der Waals surface area contributed by atoms with E-state index in [1.54, 1.807) is 40.5 Å². The predicted molar refractivity (Wildman–Crippen MR) is 141 cm³/mol. The molecule has 0 bridgehead atoms. The van der Waals surface area contributed by atoms with Crippen molar-refractivity contribution in [3.63, 3.8) is 0 Å². The molecule has 7 heteroatoms. The van der Waals surface area contributed by atoms with Crippen molar-refractivity contribution in [3.05, 3.63) is 86.6 Å². The molecule has 35 heavy (non-hydrogen) atoms. The Balaban J connectivity index is 1.54. The Bertz CT molecular complexity index is 1180. The average Bonchev–Trinajstić information content (AvgIpc) is 3.35. The minimum absolute atomic E-state index is 0.0274. The number of carbonyl (C=O) groups is 2. The summed E-state index contributed by atoms with van der Waals surface area (Å²) in [6.45, 7) is 6.61. The number of rotatable bonds is 8. The zero-order valence-electron chi connectivity index (χ0n) is 20.4. The molecule has 0 fully saturated rings. The minimum Gasteiger partial charge on any atom is -0.484 e. The summed E-state index contributed by atoms with van der Waals surface area (Å²) >= 11 is 7.68. The van der Waals surface area contributed by atoms with Gasteiger partial charge >= 0.3 is 0 Å². The van der Waals surface area contributed by atoms with Gasteiger partial charge in [-0.15, -0.1) is 11.3 Å². The average molecular weight is 511 g/mol. The molecule has 0 spiro atoms. The van der Waals surface area contributed by atoms with Crippen LogP contribution in [0.15, 0.2) is 60.0 Å². The van der Waals surface area contributed by atoms with Crippen molar-refractivity contribution in [2.45, 2.75) is 45.7 Å². The maximum absolute atomic E-state index is 13.8. The Morgan fingerprint density at radius 3 is 2.60 bits per heavy atom. The molecular formula is C28H31ClN2O3S. The number of benzene rings is 2. The molecule has 2 heterocycles. The number of ether oxygens (including phenoxy) is 1. The van der Waals surface area contributed by atoms with Crippen molar-refractivity contribution in [2.24, 2.45) is 0 Å². The van der Waals surface area contributed by atoms with Gasteiger partial charge in [-0.25, -0.2) is 0 Å². The molecule has 184 valence electrons. The third-order valence-corrected chi connectivity index (χ3v) is 7.94. The fraction of sp³-hybridized carbons (Fsp3) is 0.357. The Kier molecular flexibility index (Phi) is 8.14. The molecule has 0 N–H and O–H groups in total. The number of hydrogen-bond acceptors (Lipinski definition) is 4. The van der Waals surface area contributed by atoms with Crippen molar-refractivity contribution < 1.29 is 14.3 Å². The fourth-order valence-electron chi connectivity index (χ4n) is 4.52. The first-order valence-electron chi connectivity index (χ1n) is 12.0. The highest BCUT2D eigenvalue weighted by Gasteiger charge is 2.35. The first kappa shape index (κ1) is 25.3. The molecule has 2 unspecified atom stereocenters. The van der Waals surface area contributed by atoms with E-state index in [-0.39, 0.29) is 37.0 Å².